The summed E-state index contributed by atoms with van der Waals surface area (Å²) in [6.45, 7) is 4.09. The number of phenolic OH excluding ortho intramolecular Hbond substituents is 1. The van der Waals surface area contributed by atoms with Crippen LogP contribution in [-0.2, 0) is 0 Å². The number of fused-ring (bicyclic) bond motifs is 2. The van der Waals surface area contributed by atoms with Gasteiger partial charge in [-0.1, -0.05) is 70.4 Å². The van der Waals surface area contributed by atoms with Crippen LogP contribution in [0.4, 0.5) is 43.9 Å². The van der Waals surface area contributed by atoms with E-state index in [2.05, 4.69) is 6.92 Å². The van der Waals surface area contributed by atoms with Crippen LogP contribution in [0.5, 0.6) is 23.0 Å². The predicted molar refractivity (Wildman–Crippen MR) is 218 cm³/mol. The Hall–Kier alpha value is -5.66. The zero-order chi connectivity index (χ0) is 44.7. The quantitative estimate of drug-likeness (QED) is 0.0613. The molecule has 0 spiro atoms. The van der Waals surface area contributed by atoms with Gasteiger partial charge in [0.25, 0.3) is 0 Å². The van der Waals surface area contributed by atoms with Gasteiger partial charge in [0.1, 0.15) is 0 Å². The average Bonchev–Trinajstić information content (AvgIpc) is 3.25. The van der Waals surface area contributed by atoms with Gasteiger partial charge in [-0.15, -0.1) is 0 Å². The number of rotatable bonds is 20. The lowest BCUT2D eigenvalue weighted by Crippen LogP contribution is -2.03. The Kier molecular flexibility index (Phi) is 15.1. The van der Waals surface area contributed by atoms with Crippen LogP contribution in [0.2, 0.25) is 0 Å². The van der Waals surface area contributed by atoms with Gasteiger partial charge in [-0.05, 0) is 85.0 Å². The van der Waals surface area contributed by atoms with Crippen molar-refractivity contribution in [2.24, 2.45) is 5.92 Å². The Labute approximate surface area is 352 Å². The number of hydrogen-bond acceptors (Lipinski definition) is 4. The highest BCUT2D eigenvalue weighted by molar-refractivity contribution is 5.91. The molecule has 0 aliphatic carbocycles. The van der Waals surface area contributed by atoms with Crippen LogP contribution in [0.15, 0.2) is 60.7 Å². The number of aromatic hydroxyl groups is 1. The lowest BCUT2D eigenvalue weighted by atomic mass is 9.96. The van der Waals surface area contributed by atoms with Crippen molar-refractivity contribution in [3.8, 4) is 45.3 Å². The second-order valence-corrected chi connectivity index (χ2v) is 15.2. The summed E-state index contributed by atoms with van der Waals surface area (Å²) in [4.78, 5) is 0. The third-order valence-electron chi connectivity index (χ3n) is 10.9. The van der Waals surface area contributed by atoms with Gasteiger partial charge in [0.15, 0.2) is 69.5 Å². The molecule has 4 nitrogen and oxygen atoms in total. The van der Waals surface area contributed by atoms with Gasteiger partial charge in [0.2, 0.25) is 11.6 Å². The SMILES string of the molecule is CCOc1ccc2cc(-c3ccc(OCCCCCCC(C)CCCCCCOc4ccc(-c5cc6ccc(O)c(F)c6c(F)c5F)c(F)c4F)c(F)c3F)c(F)c(F)c2c1F. The van der Waals surface area contributed by atoms with E-state index in [0.29, 0.717) is 18.8 Å². The van der Waals surface area contributed by atoms with Crippen LogP contribution in [0, 0.1) is 64.1 Å². The Morgan fingerprint density at radius 1 is 0.419 bits per heavy atom. The molecule has 14 heteroatoms. The summed E-state index contributed by atoms with van der Waals surface area (Å²) in [5, 5.41) is 7.85. The van der Waals surface area contributed by atoms with Gasteiger partial charge in [0.05, 0.1) is 30.6 Å². The molecule has 0 fully saturated rings. The maximum absolute atomic E-state index is 15.1. The van der Waals surface area contributed by atoms with Crippen molar-refractivity contribution in [1.29, 1.82) is 0 Å². The molecule has 0 aliphatic heterocycles. The van der Waals surface area contributed by atoms with E-state index in [4.69, 9.17) is 14.2 Å². The molecule has 1 N–H and O–H groups in total. The average molecular weight is 875 g/mol. The maximum Gasteiger partial charge on any atom is 0.201 e. The van der Waals surface area contributed by atoms with Crippen LogP contribution >= 0.6 is 0 Å². The van der Waals surface area contributed by atoms with Crippen LogP contribution in [0.1, 0.15) is 78.1 Å². The summed E-state index contributed by atoms with van der Waals surface area (Å²) >= 11 is 0. The minimum absolute atomic E-state index is 0.0530. The van der Waals surface area contributed by atoms with Crippen molar-refractivity contribution in [3.05, 3.63) is 119 Å². The third-order valence-corrected chi connectivity index (χ3v) is 10.9. The second-order valence-electron chi connectivity index (χ2n) is 15.2. The molecular formula is C48H44F10O4. The van der Waals surface area contributed by atoms with E-state index in [1.807, 2.05) is 0 Å². The summed E-state index contributed by atoms with van der Waals surface area (Å²) in [6.07, 6.45) is 8.44. The molecule has 0 saturated heterocycles. The van der Waals surface area contributed by atoms with Crippen LogP contribution < -0.4 is 14.2 Å². The van der Waals surface area contributed by atoms with E-state index in [1.54, 1.807) is 6.92 Å². The molecular weight excluding hydrogens is 831 g/mol. The van der Waals surface area contributed by atoms with E-state index >= 15 is 13.2 Å². The molecule has 6 aromatic carbocycles. The first-order chi connectivity index (χ1) is 29.7. The van der Waals surface area contributed by atoms with Crippen molar-refractivity contribution in [2.45, 2.75) is 78.1 Å². The topological polar surface area (TPSA) is 47.9 Å². The molecule has 0 aliphatic rings. The van der Waals surface area contributed by atoms with Crippen molar-refractivity contribution in [3.63, 3.8) is 0 Å². The fourth-order valence-electron chi connectivity index (χ4n) is 7.50. The normalized spacial score (nSPS) is 12.1. The second kappa shape index (κ2) is 20.5. The third kappa shape index (κ3) is 9.84. The molecule has 0 amide bonds. The molecule has 0 saturated carbocycles. The molecule has 6 rings (SSSR count). The number of benzene rings is 6. The maximum atomic E-state index is 15.1. The van der Waals surface area contributed by atoms with Crippen molar-refractivity contribution < 1.29 is 63.2 Å². The Morgan fingerprint density at radius 3 is 1.31 bits per heavy atom. The van der Waals surface area contributed by atoms with Gasteiger partial charge in [-0.2, -0.15) is 8.78 Å². The molecule has 0 bridgehead atoms. The minimum atomic E-state index is -1.64. The molecule has 0 aromatic heterocycles. The fraction of sp³-hybridized carbons (Fsp3) is 0.333. The summed E-state index contributed by atoms with van der Waals surface area (Å²) in [5.74, 6) is -15.8. The summed E-state index contributed by atoms with van der Waals surface area (Å²) in [7, 11) is 0. The molecule has 0 heterocycles. The highest BCUT2D eigenvalue weighted by atomic mass is 19.2. The molecule has 330 valence electrons. The lowest BCUT2D eigenvalue weighted by Gasteiger charge is -2.14. The Bertz CT molecular complexity index is 2560. The smallest absolute Gasteiger partial charge is 0.201 e. The first-order valence-corrected chi connectivity index (χ1v) is 20.5. The Balaban J connectivity index is 0.864. The predicted octanol–water partition coefficient (Wildman–Crippen LogP) is 14.8. The lowest BCUT2D eigenvalue weighted by molar-refractivity contribution is 0.283. The van der Waals surface area contributed by atoms with Gasteiger partial charge in [-0.3, -0.25) is 0 Å². The van der Waals surface area contributed by atoms with Crippen LogP contribution in [0.25, 0.3) is 43.8 Å². The first kappa shape index (κ1) is 45.9. The summed E-state index contributed by atoms with van der Waals surface area (Å²) in [6, 6.07) is 11.1. The largest absolute Gasteiger partial charge is 0.505 e. The van der Waals surface area contributed by atoms with Gasteiger partial charge >= 0.3 is 0 Å². The Morgan fingerprint density at radius 2 is 0.823 bits per heavy atom. The van der Waals surface area contributed by atoms with E-state index in [1.165, 1.54) is 12.1 Å². The highest BCUT2D eigenvalue weighted by Crippen LogP contribution is 2.39. The van der Waals surface area contributed by atoms with Gasteiger partial charge in [-0.25, -0.2) is 35.1 Å². The molecule has 6 aromatic rings. The standard InChI is InChI=1S/C48H44F10O4/c1-3-60-34-19-15-28-25-32(42(52)48(58)38(28)44(34)54)30-17-21-36(46(56)40(30)50)62-23-11-7-5-9-13-26(2)12-8-4-6-10-22-61-35-20-16-29(39(49)45(35)55)31-24-27-14-18-33(59)43(53)37(27)47(57)41(31)51/h14-21,24-26,59H,3-13,22-23H2,1-2H3. The van der Waals surface area contributed by atoms with Gasteiger partial charge in [0, 0.05) is 22.3 Å². The zero-order valence-corrected chi connectivity index (χ0v) is 34.0. The van der Waals surface area contributed by atoms with Crippen molar-refractivity contribution in [1.82, 2.24) is 0 Å². The molecule has 0 radical (unpaired) electrons. The van der Waals surface area contributed by atoms with Crippen molar-refractivity contribution >= 4 is 21.5 Å². The number of halogens is 10. The van der Waals surface area contributed by atoms with E-state index in [0.717, 1.165) is 99.9 Å². The van der Waals surface area contributed by atoms with Crippen LogP contribution in [0.3, 0.4) is 0 Å². The highest BCUT2D eigenvalue weighted by Gasteiger charge is 2.26. The molecule has 1 atom stereocenters. The van der Waals surface area contributed by atoms with E-state index in [-0.39, 0.29) is 47.8 Å². The van der Waals surface area contributed by atoms with E-state index < -0.39 is 96.9 Å². The molecule has 1 unspecified atom stereocenters. The van der Waals surface area contributed by atoms with E-state index in [9.17, 15) is 35.8 Å². The number of hydrogen-bond donors (Lipinski definition) is 1. The van der Waals surface area contributed by atoms with Crippen LogP contribution in [-0.4, -0.2) is 24.9 Å². The fourth-order valence-corrected chi connectivity index (χ4v) is 7.50. The monoisotopic (exact) mass is 874 g/mol. The number of phenols is 1. The summed E-state index contributed by atoms with van der Waals surface area (Å²) in [5.41, 5.74) is -2.29. The zero-order valence-electron chi connectivity index (χ0n) is 34.0. The summed E-state index contributed by atoms with van der Waals surface area (Å²) < 4.78 is 165. The molecule has 62 heavy (non-hydrogen) atoms. The number of unbranched alkanes of at least 4 members (excludes halogenated alkanes) is 6. The van der Waals surface area contributed by atoms with Gasteiger partial charge < -0.3 is 19.3 Å². The first-order valence-electron chi connectivity index (χ1n) is 20.5. The van der Waals surface area contributed by atoms with Crippen molar-refractivity contribution in [2.75, 3.05) is 19.8 Å². The number of ether oxygens (including phenoxy) is 3. The minimum Gasteiger partial charge on any atom is -0.505 e.